The highest BCUT2D eigenvalue weighted by atomic mass is 35.5. The molecule has 0 aliphatic rings. The standard InChI is InChI=1S/C16H26N2O2.ClH/c1-12(2)15-7-6-14(10-13(15)3)20-11-16(19)18(5)9-8-17-4;/h6-7,10,12,17H,8-9,11H2,1-5H3;1H. The van der Waals surface area contributed by atoms with Crippen molar-refractivity contribution in [1.82, 2.24) is 10.2 Å². The molecule has 0 unspecified atom stereocenters. The quantitative estimate of drug-likeness (QED) is 0.841. The van der Waals surface area contributed by atoms with E-state index >= 15 is 0 Å². The summed E-state index contributed by atoms with van der Waals surface area (Å²) in [4.78, 5) is 13.5. The van der Waals surface area contributed by atoms with Gasteiger partial charge in [-0.3, -0.25) is 4.79 Å². The van der Waals surface area contributed by atoms with Gasteiger partial charge >= 0.3 is 0 Å². The lowest BCUT2D eigenvalue weighted by Crippen LogP contribution is -2.35. The van der Waals surface area contributed by atoms with Crippen molar-refractivity contribution in [2.45, 2.75) is 26.7 Å². The molecule has 1 amide bonds. The van der Waals surface area contributed by atoms with Gasteiger partial charge in [0.25, 0.3) is 5.91 Å². The Hall–Kier alpha value is -1.26. The van der Waals surface area contributed by atoms with Crippen molar-refractivity contribution in [3.63, 3.8) is 0 Å². The maximum atomic E-state index is 11.9. The van der Waals surface area contributed by atoms with Crippen LogP contribution in [0.25, 0.3) is 0 Å². The molecule has 0 saturated carbocycles. The number of benzene rings is 1. The summed E-state index contributed by atoms with van der Waals surface area (Å²) in [6, 6.07) is 6.00. The minimum atomic E-state index is -0.00848. The van der Waals surface area contributed by atoms with Gasteiger partial charge in [0.2, 0.25) is 0 Å². The first-order valence-electron chi connectivity index (χ1n) is 7.07. The number of aryl methyl sites for hydroxylation is 1. The van der Waals surface area contributed by atoms with Gasteiger partial charge in [0.05, 0.1) is 0 Å². The van der Waals surface area contributed by atoms with Crippen molar-refractivity contribution in [1.29, 1.82) is 0 Å². The van der Waals surface area contributed by atoms with E-state index in [1.165, 1.54) is 11.1 Å². The molecule has 1 rings (SSSR count). The van der Waals surface area contributed by atoms with Gasteiger partial charge in [-0.1, -0.05) is 19.9 Å². The van der Waals surface area contributed by atoms with Crippen molar-refractivity contribution in [2.75, 3.05) is 33.8 Å². The molecule has 0 saturated heterocycles. The van der Waals surface area contributed by atoms with Gasteiger partial charge in [0.15, 0.2) is 6.61 Å². The molecule has 0 aliphatic heterocycles. The molecule has 1 N–H and O–H groups in total. The Morgan fingerprint density at radius 2 is 2.05 bits per heavy atom. The highest BCUT2D eigenvalue weighted by molar-refractivity contribution is 5.85. The molecular formula is C16H27ClN2O2. The van der Waals surface area contributed by atoms with E-state index in [1.807, 2.05) is 19.2 Å². The average Bonchev–Trinajstić information content (AvgIpc) is 2.41. The maximum Gasteiger partial charge on any atom is 0.260 e. The molecule has 0 spiro atoms. The molecule has 1 aromatic carbocycles. The summed E-state index contributed by atoms with van der Waals surface area (Å²) in [5, 5.41) is 3.02. The first-order valence-corrected chi connectivity index (χ1v) is 7.07. The molecule has 120 valence electrons. The van der Waals surface area contributed by atoms with Gasteiger partial charge in [-0.2, -0.15) is 0 Å². The predicted octanol–water partition coefficient (Wildman–Crippen LogP) is 2.60. The first kappa shape index (κ1) is 19.7. The second kappa shape index (κ2) is 9.64. The Bertz CT molecular complexity index is 450. The second-order valence-corrected chi connectivity index (χ2v) is 5.38. The third-order valence-electron chi connectivity index (χ3n) is 3.35. The fraction of sp³-hybridized carbons (Fsp3) is 0.562. The summed E-state index contributed by atoms with van der Waals surface area (Å²) in [6.45, 7) is 7.96. The van der Waals surface area contributed by atoms with Gasteiger partial charge in [-0.05, 0) is 43.1 Å². The maximum absolute atomic E-state index is 11.9. The van der Waals surface area contributed by atoms with Crippen LogP contribution < -0.4 is 10.1 Å². The van der Waals surface area contributed by atoms with Crippen LogP contribution in [0.3, 0.4) is 0 Å². The molecule has 1 aromatic rings. The zero-order valence-corrected chi connectivity index (χ0v) is 14.4. The largest absolute Gasteiger partial charge is 0.484 e. The van der Waals surface area contributed by atoms with Crippen molar-refractivity contribution in [2.24, 2.45) is 0 Å². The van der Waals surface area contributed by atoms with E-state index in [0.717, 1.165) is 12.3 Å². The monoisotopic (exact) mass is 314 g/mol. The third-order valence-corrected chi connectivity index (χ3v) is 3.35. The first-order chi connectivity index (χ1) is 9.45. The lowest BCUT2D eigenvalue weighted by atomic mass is 9.98. The molecule has 0 radical (unpaired) electrons. The highest BCUT2D eigenvalue weighted by Crippen LogP contribution is 2.23. The average molecular weight is 315 g/mol. The van der Waals surface area contributed by atoms with Gasteiger partial charge in [-0.25, -0.2) is 0 Å². The normalized spacial score (nSPS) is 10.2. The lowest BCUT2D eigenvalue weighted by molar-refractivity contribution is -0.131. The molecule has 0 atom stereocenters. The van der Waals surface area contributed by atoms with Gasteiger partial charge < -0.3 is 15.0 Å². The smallest absolute Gasteiger partial charge is 0.260 e. The van der Waals surface area contributed by atoms with E-state index < -0.39 is 0 Å². The van der Waals surface area contributed by atoms with Crippen molar-refractivity contribution in [3.8, 4) is 5.75 Å². The number of rotatable bonds is 7. The molecule has 0 heterocycles. The molecule has 0 fully saturated rings. The number of nitrogens with zero attached hydrogens (tertiary/aromatic N) is 1. The summed E-state index contributed by atoms with van der Waals surface area (Å²) in [5.41, 5.74) is 2.52. The molecular weight excluding hydrogens is 288 g/mol. The van der Waals surface area contributed by atoms with E-state index in [4.69, 9.17) is 4.74 Å². The van der Waals surface area contributed by atoms with E-state index in [9.17, 15) is 4.79 Å². The Labute approximate surface area is 134 Å². The van der Waals surface area contributed by atoms with Crippen molar-refractivity contribution < 1.29 is 9.53 Å². The Balaban J connectivity index is 0.00000400. The van der Waals surface area contributed by atoms with Crippen LogP contribution in [-0.2, 0) is 4.79 Å². The van der Waals surface area contributed by atoms with Crippen LogP contribution in [0, 0.1) is 6.92 Å². The second-order valence-electron chi connectivity index (χ2n) is 5.38. The number of nitrogens with one attached hydrogen (secondary N) is 1. The minimum Gasteiger partial charge on any atom is -0.484 e. The predicted molar refractivity (Wildman–Crippen MR) is 89.6 cm³/mol. The summed E-state index contributed by atoms with van der Waals surface area (Å²) >= 11 is 0. The van der Waals surface area contributed by atoms with E-state index in [-0.39, 0.29) is 24.9 Å². The summed E-state index contributed by atoms with van der Waals surface area (Å²) in [6.07, 6.45) is 0. The number of amides is 1. The molecule has 4 nitrogen and oxygen atoms in total. The van der Waals surface area contributed by atoms with Crippen LogP contribution in [-0.4, -0.2) is 44.6 Å². The number of carbonyl (C=O) groups is 1. The van der Waals surface area contributed by atoms with Crippen LogP contribution in [0.1, 0.15) is 30.9 Å². The van der Waals surface area contributed by atoms with E-state index in [2.05, 4.69) is 32.2 Å². The minimum absolute atomic E-state index is 0. The van der Waals surface area contributed by atoms with Crippen LogP contribution in [0.2, 0.25) is 0 Å². The molecule has 21 heavy (non-hydrogen) atoms. The number of ether oxygens (including phenoxy) is 1. The Morgan fingerprint density at radius 1 is 1.38 bits per heavy atom. The number of likely N-dealkylation sites (N-methyl/N-ethyl adjacent to an activating group) is 2. The van der Waals surface area contributed by atoms with Crippen molar-refractivity contribution >= 4 is 18.3 Å². The zero-order valence-electron chi connectivity index (χ0n) is 13.6. The molecule has 0 aliphatic carbocycles. The van der Waals surface area contributed by atoms with E-state index in [1.54, 1.807) is 11.9 Å². The van der Waals surface area contributed by atoms with Gasteiger partial charge in [0, 0.05) is 20.1 Å². The number of halogens is 1. The number of hydrogen-bond donors (Lipinski definition) is 1. The number of carbonyl (C=O) groups excluding carboxylic acids is 1. The SMILES string of the molecule is CNCCN(C)C(=O)COc1ccc(C(C)C)c(C)c1.Cl. The number of hydrogen-bond acceptors (Lipinski definition) is 3. The fourth-order valence-corrected chi connectivity index (χ4v) is 2.05. The Kier molecular flexibility index (Phi) is 9.06. The van der Waals surface area contributed by atoms with Crippen LogP contribution in [0.4, 0.5) is 0 Å². The topological polar surface area (TPSA) is 41.6 Å². The summed E-state index contributed by atoms with van der Waals surface area (Å²) in [7, 11) is 3.66. The van der Waals surface area contributed by atoms with Crippen LogP contribution in [0.15, 0.2) is 18.2 Å². The van der Waals surface area contributed by atoms with Crippen LogP contribution in [0.5, 0.6) is 5.75 Å². The molecule has 5 heteroatoms. The fourth-order valence-electron chi connectivity index (χ4n) is 2.05. The third kappa shape index (κ3) is 6.36. The van der Waals surface area contributed by atoms with Crippen molar-refractivity contribution in [3.05, 3.63) is 29.3 Å². The van der Waals surface area contributed by atoms with E-state index in [0.29, 0.717) is 12.5 Å². The zero-order chi connectivity index (χ0) is 15.1. The Morgan fingerprint density at radius 3 is 2.57 bits per heavy atom. The van der Waals surface area contributed by atoms with Gasteiger partial charge in [0.1, 0.15) is 5.75 Å². The molecule has 0 bridgehead atoms. The molecule has 0 aromatic heterocycles. The van der Waals surface area contributed by atoms with Gasteiger partial charge in [-0.15, -0.1) is 12.4 Å². The lowest BCUT2D eigenvalue weighted by Gasteiger charge is -2.17. The highest BCUT2D eigenvalue weighted by Gasteiger charge is 2.10. The summed E-state index contributed by atoms with van der Waals surface area (Å²) < 4.78 is 5.57. The van der Waals surface area contributed by atoms with Crippen LogP contribution >= 0.6 is 12.4 Å². The summed E-state index contributed by atoms with van der Waals surface area (Å²) in [5.74, 6) is 1.24.